The van der Waals surface area contributed by atoms with Crippen molar-refractivity contribution in [2.75, 3.05) is 6.61 Å². The molecule has 0 aliphatic heterocycles. The SMILES string of the molecule is Cc1cc(Sc2cc(C#Cc3ccccc3CO)nc(C#Cc3ccccc3CN=O)c2)ccc1OCC(=O)O. The van der Waals surface area contributed by atoms with E-state index >= 15 is 0 Å². The highest BCUT2D eigenvalue weighted by Crippen LogP contribution is 2.32. The number of nitroso groups, excluding NO2 is 1. The van der Waals surface area contributed by atoms with Crippen LogP contribution in [0.15, 0.2) is 93.8 Å². The first-order chi connectivity index (χ1) is 19.4. The number of hydrogen-bond acceptors (Lipinski definition) is 7. The lowest BCUT2D eigenvalue weighted by atomic mass is 10.1. The van der Waals surface area contributed by atoms with Gasteiger partial charge in [-0.15, -0.1) is 0 Å². The molecular weight excluding hydrogens is 524 g/mol. The molecule has 0 fully saturated rings. The van der Waals surface area contributed by atoms with E-state index in [-0.39, 0.29) is 13.2 Å². The Morgan fingerprint density at radius 1 is 0.875 bits per heavy atom. The Labute approximate surface area is 236 Å². The summed E-state index contributed by atoms with van der Waals surface area (Å²) in [4.78, 5) is 28.1. The van der Waals surface area contributed by atoms with Gasteiger partial charge in [0.1, 0.15) is 23.7 Å². The summed E-state index contributed by atoms with van der Waals surface area (Å²) in [6.45, 7) is 1.35. The van der Waals surface area contributed by atoms with Crippen molar-refractivity contribution in [3.8, 4) is 29.4 Å². The summed E-state index contributed by atoms with van der Waals surface area (Å²) in [5, 5.41) is 21.5. The minimum Gasteiger partial charge on any atom is -0.482 e. The summed E-state index contributed by atoms with van der Waals surface area (Å²) < 4.78 is 5.34. The molecule has 0 saturated carbocycles. The number of ether oxygens (including phenoxy) is 1. The molecule has 40 heavy (non-hydrogen) atoms. The minimum atomic E-state index is -1.04. The van der Waals surface area contributed by atoms with Crippen LogP contribution in [0.3, 0.4) is 0 Å². The molecule has 4 aromatic rings. The average Bonchev–Trinajstić information content (AvgIpc) is 2.95. The van der Waals surface area contributed by atoms with Crippen LogP contribution in [0.5, 0.6) is 5.75 Å². The predicted octanol–water partition coefficient (Wildman–Crippen LogP) is 5.56. The smallest absolute Gasteiger partial charge is 0.341 e. The molecule has 0 bridgehead atoms. The molecule has 3 aromatic carbocycles. The number of rotatable bonds is 8. The number of aliphatic hydroxyl groups excluding tert-OH is 1. The van der Waals surface area contributed by atoms with Gasteiger partial charge in [0.25, 0.3) is 0 Å². The second-order valence-corrected chi connectivity index (χ2v) is 9.69. The van der Waals surface area contributed by atoms with Crippen molar-refractivity contribution >= 4 is 17.7 Å². The predicted molar refractivity (Wildman–Crippen MR) is 153 cm³/mol. The summed E-state index contributed by atoms with van der Waals surface area (Å²) in [5.41, 5.74) is 4.67. The highest BCUT2D eigenvalue weighted by molar-refractivity contribution is 7.99. The van der Waals surface area contributed by atoms with E-state index in [2.05, 4.69) is 33.8 Å². The topological polar surface area (TPSA) is 109 Å². The molecule has 1 heterocycles. The molecule has 0 aliphatic rings. The van der Waals surface area contributed by atoms with E-state index in [1.807, 2.05) is 79.7 Å². The maximum Gasteiger partial charge on any atom is 0.341 e. The monoisotopic (exact) mass is 548 g/mol. The van der Waals surface area contributed by atoms with Gasteiger partial charge in [-0.3, -0.25) is 0 Å². The van der Waals surface area contributed by atoms with Crippen molar-refractivity contribution in [2.24, 2.45) is 5.18 Å². The lowest BCUT2D eigenvalue weighted by Crippen LogP contribution is -2.09. The van der Waals surface area contributed by atoms with E-state index in [0.29, 0.717) is 28.3 Å². The Hall–Kier alpha value is -4.89. The Morgan fingerprint density at radius 3 is 2.10 bits per heavy atom. The van der Waals surface area contributed by atoms with Crippen molar-refractivity contribution in [1.29, 1.82) is 0 Å². The van der Waals surface area contributed by atoms with Crippen LogP contribution >= 0.6 is 11.8 Å². The third-order valence-electron chi connectivity index (χ3n) is 5.62. The van der Waals surface area contributed by atoms with Gasteiger partial charge < -0.3 is 14.9 Å². The Balaban J connectivity index is 1.70. The molecule has 0 unspecified atom stereocenters. The van der Waals surface area contributed by atoms with Crippen LogP contribution in [0, 0.1) is 35.5 Å². The highest BCUT2D eigenvalue weighted by Gasteiger charge is 2.08. The number of carboxylic acid groups (broad SMARTS) is 1. The van der Waals surface area contributed by atoms with Gasteiger partial charge in [0.2, 0.25) is 0 Å². The van der Waals surface area contributed by atoms with E-state index in [1.165, 1.54) is 11.8 Å². The normalized spacial score (nSPS) is 10.1. The summed E-state index contributed by atoms with van der Waals surface area (Å²) >= 11 is 1.48. The molecule has 0 atom stereocenters. The minimum absolute atomic E-state index is 0.0285. The van der Waals surface area contributed by atoms with E-state index in [9.17, 15) is 14.8 Å². The zero-order valence-corrected chi connectivity index (χ0v) is 22.4. The number of pyridine rings is 1. The van der Waals surface area contributed by atoms with Crippen LogP contribution in [0.4, 0.5) is 0 Å². The van der Waals surface area contributed by atoms with Crippen molar-refractivity contribution in [2.45, 2.75) is 29.9 Å². The first kappa shape index (κ1) is 28.1. The molecule has 198 valence electrons. The molecule has 0 saturated heterocycles. The number of carboxylic acids is 1. The first-order valence-electron chi connectivity index (χ1n) is 12.2. The quantitative estimate of drug-likeness (QED) is 0.219. The van der Waals surface area contributed by atoms with Crippen molar-refractivity contribution in [1.82, 2.24) is 4.98 Å². The maximum absolute atomic E-state index is 10.8. The molecule has 8 heteroatoms. The number of benzene rings is 3. The van der Waals surface area contributed by atoms with Crippen LogP contribution in [-0.4, -0.2) is 27.8 Å². The average molecular weight is 549 g/mol. The lowest BCUT2D eigenvalue weighted by Gasteiger charge is -2.09. The maximum atomic E-state index is 10.8. The van der Waals surface area contributed by atoms with Gasteiger partial charge in [-0.05, 0) is 77.9 Å². The number of hydrogen-bond donors (Lipinski definition) is 2. The van der Waals surface area contributed by atoms with Crippen LogP contribution < -0.4 is 4.74 Å². The second-order valence-electron chi connectivity index (χ2n) is 8.54. The Bertz CT molecular complexity index is 1680. The Morgan fingerprint density at radius 2 is 1.50 bits per heavy atom. The molecule has 1 aromatic heterocycles. The van der Waals surface area contributed by atoms with E-state index in [1.54, 1.807) is 6.07 Å². The number of aliphatic hydroxyl groups is 1. The number of nitrogens with zero attached hydrogens (tertiary/aromatic N) is 2. The molecule has 7 nitrogen and oxygen atoms in total. The summed E-state index contributed by atoms with van der Waals surface area (Å²) in [5.74, 6) is 11.8. The third-order valence-corrected chi connectivity index (χ3v) is 6.58. The Kier molecular flexibility index (Phi) is 9.68. The molecular formula is C32H24N2O5S. The summed E-state index contributed by atoms with van der Waals surface area (Å²) in [6.07, 6.45) is 0. The molecule has 2 N–H and O–H groups in total. The number of aromatic nitrogens is 1. The lowest BCUT2D eigenvalue weighted by molar-refractivity contribution is -0.139. The van der Waals surface area contributed by atoms with Crippen LogP contribution in [-0.2, 0) is 17.9 Å². The van der Waals surface area contributed by atoms with Crippen molar-refractivity contribution in [3.05, 3.63) is 123 Å². The number of aliphatic carboxylic acids is 1. The molecule has 0 aliphatic carbocycles. The highest BCUT2D eigenvalue weighted by atomic mass is 32.2. The van der Waals surface area contributed by atoms with Gasteiger partial charge in [0.15, 0.2) is 6.61 Å². The molecule has 0 spiro atoms. The van der Waals surface area contributed by atoms with Gasteiger partial charge in [-0.2, -0.15) is 4.91 Å². The fourth-order valence-electron chi connectivity index (χ4n) is 3.71. The summed E-state index contributed by atoms with van der Waals surface area (Å²) in [6, 6.07) is 23.9. The zero-order chi connectivity index (χ0) is 28.3. The van der Waals surface area contributed by atoms with Gasteiger partial charge in [0.05, 0.1) is 6.61 Å². The standard InChI is InChI=1S/C32H24N2O5S/c1-22-16-29(14-15-31(22)39-21-32(36)37)40-30-17-27(12-10-23-6-2-4-8-25(23)19-33-38)34-28(18-30)13-11-24-7-3-5-9-26(24)20-35/h2-9,14-18,35H,19-21H2,1H3,(H,36,37). The first-order valence-corrected chi connectivity index (χ1v) is 13.0. The van der Waals surface area contributed by atoms with E-state index in [4.69, 9.17) is 9.84 Å². The van der Waals surface area contributed by atoms with Gasteiger partial charge in [-0.1, -0.05) is 65.2 Å². The molecule has 4 rings (SSSR count). The van der Waals surface area contributed by atoms with Crippen LogP contribution in [0.25, 0.3) is 0 Å². The van der Waals surface area contributed by atoms with Crippen LogP contribution in [0.1, 0.15) is 39.2 Å². The van der Waals surface area contributed by atoms with Crippen molar-refractivity contribution in [3.63, 3.8) is 0 Å². The third kappa shape index (κ3) is 7.81. The summed E-state index contributed by atoms with van der Waals surface area (Å²) in [7, 11) is 0. The molecule has 0 radical (unpaired) electrons. The van der Waals surface area contributed by atoms with Gasteiger partial charge in [-0.25, -0.2) is 9.78 Å². The van der Waals surface area contributed by atoms with E-state index in [0.717, 1.165) is 26.5 Å². The fourth-order valence-corrected chi connectivity index (χ4v) is 4.69. The van der Waals surface area contributed by atoms with Gasteiger partial charge >= 0.3 is 5.97 Å². The van der Waals surface area contributed by atoms with Crippen LogP contribution in [0.2, 0.25) is 0 Å². The number of carbonyl (C=O) groups is 1. The second kappa shape index (κ2) is 13.8. The largest absolute Gasteiger partial charge is 0.482 e. The zero-order valence-electron chi connectivity index (χ0n) is 21.5. The van der Waals surface area contributed by atoms with Crippen molar-refractivity contribution < 1.29 is 19.7 Å². The van der Waals surface area contributed by atoms with Gasteiger partial charge in [0, 0.05) is 20.9 Å². The number of aryl methyl sites for hydroxylation is 1. The molecule has 0 amide bonds. The fraction of sp³-hybridized carbons (Fsp3) is 0.125. The van der Waals surface area contributed by atoms with E-state index < -0.39 is 12.6 Å².